The van der Waals surface area contributed by atoms with E-state index in [0.29, 0.717) is 21.9 Å². The lowest BCUT2D eigenvalue weighted by Crippen LogP contribution is -2.23. The minimum Gasteiger partial charge on any atom is -0.490 e. The van der Waals surface area contributed by atoms with E-state index < -0.39 is 0 Å². The highest BCUT2D eigenvalue weighted by atomic mass is 32.1. The van der Waals surface area contributed by atoms with Crippen molar-refractivity contribution in [2.45, 2.75) is 0 Å². The second-order valence-electron chi connectivity index (χ2n) is 6.13. The van der Waals surface area contributed by atoms with Crippen LogP contribution in [0.2, 0.25) is 0 Å². The molecule has 0 atom stereocenters. The molecule has 144 valence electrons. The van der Waals surface area contributed by atoms with Crippen molar-refractivity contribution in [1.29, 1.82) is 0 Å². The van der Waals surface area contributed by atoms with E-state index in [1.807, 2.05) is 24.3 Å². The number of aromatic nitrogens is 3. The van der Waals surface area contributed by atoms with Crippen molar-refractivity contribution in [3.05, 3.63) is 98.8 Å². The molecule has 0 bridgehead atoms. The van der Waals surface area contributed by atoms with E-state index in [-0.39, 0.29) is 11.4 Å². The molecule has 0 saturated heterocycles. The largest absolute Gasteiger partial charge is 0.490 e. The number of halogens is 1. The summed E-state index contributed by atoms with van der Waals surface area (Å²) in [5.41, 5.74) is 1.49. The molecule has 0 aliphatic heterocycles. The lowest BCUT2D eigenvalue weighted by molar-refractivity contribution is 0.363. The zero-order valence-electron chi connectivity index (χ0n) is 15.3. The summed E-state index contributed by atoms with van der Waals surface area (Å²) in [6, 6.07) is 13.5. The van der Waals surface area contributed by atoms with Gasteiger partial charge in [0.25, 0.3) is 5.56 Å². The highest BCUT2D eigenvalue weighted by Crippen LogP contribution is 2.13. The molecule has 0 saturated carbocycles. The number of ether oxygens (including phenoxy) is 1. The molecule has 2 aromatic carbocycles. The third kappa shape index (κ3) is 4.30. The van der Waals surface area contributed by atoms with E-state index in [1.54, 1.807) is 36.4 Å². The molecule has 0 unspecified atom stereocenters. The van der Waals surface area contributed by atoms with Crippen LogP contribution < -0.4 is 14.8 Å². The third-order valence-corrected chi connectivity index (χ3v) is 5.00. The Morgan fingerprint density at radius 3 is 2.48 bits per heavy atom. The SMILES string of the molecule is C=CCOc1ccc(/C=c2\sc3nc(/C=C/c4ccc(F)cc4)nn3c2=O)cc1. The molecule has 0 fully saturated rings. The Morgan fingerprint density at radius 1 is 1.07 bits per heavy atom. The van der Waals surface area contributed by atoms with E-state index in [2.05, 4.69) is 16.7 Å². The molecular weight excluding hydrogens is 389 g/mol. The number of hydrogen-bond donors (Lipinski definition) is 0. The Hall–Kier alpha value is -3.58. The second-order valence-corrected chi connectivity index (χ2v) is 7.14. The molecule has 7 heteroatoms. The number of rotatable bonds is 6. The molecule has 0 spiro atoms. The predicted octanol–water partition coefficient (Wildman–Crippen LogP) is 3.57. The summed E-state index contributed by atoms with van der Waals surface area (Å²) >= 11 is 1.27. The van der Waals surface area contributed by atoms with Crippen molar-refractivity contribution in [3.63, 3.8) is 0 Å². The lowest BCUT2D eigenvalue weighted by atomic mass is 10.2. The minimum absolute atomic E-state index is 0.217. The molecular formula is C22H16FN3O2S. The first kappa shape index (κ1) is 18.8. The van der Waals surface area contributed by atoms with Crippen molar-refractivity contribution in [2.24, 2.45) is 0 Å². The quantitative estimate of drug-likeness (QED) is 0.460. The maximum absolute atomic E-state index is 13.0. The zero-order chi connectivity index (χ0) is 20.2. The van der Waals surface area contributed by atoms with Crippen LogP contribution in [0.1, 0.15) is 17.0 Å². The van der Waals surface area contributed by atoms with E-state index in [9.17, 15) is 9.18 Å². The molecule has 29 heavy (non-hydrogen) atoms. The number of thiazole rings is 1. The minimum atomic E-state index is -0.290. The summed E-state index contributed by atoms with van der Waals surface area (Å²) in [5, 5.41) is 4.25. The van der Waals surface area contributed by atoms with Gasteiger partial charge in [-0.15, -0.1) is 5.10 Å². The third-order valence-electron chi connectivity index (χ3n) is 4.04. The first-order valence-electron chi connectivity index (χ1n) is 8.81. The van der Waals surface area contributed by atoms with Crippen LogP contribution in [0.4, 0.5) is 4.39 Å². The molecule has 4 rings (SSSR count). The van der Waals surface area contributed by atoms with Crippen LogP contribution >= 0.6 is 11.3 Å². The Bertz CT molecular complexity index is 1290. The van der Waals surface area contributed by atoms with E-state index in [4.69, 9.17) is 4.74 Å². The summed E-state index contributed by atoms with van der Waals surface area (Å²) in [6.07, 6.45) is 6.94. The van der Waals surface area contributed by atoms with E-state index >= 15 is 0 Å². The van der Waals surface area contributed by atoms with Crippen LogP contribution in [0.15, 0.2) is 66.0 Å². The molecule has 2 heterocycles. The first-order chi connectivity index (χ1) is 14.1. The maximum atomic E-state index is 13.0. The van der Waals surface area contributed by atoms with E-state index in [0.717, 1.165) is 16.9 Å². The van der Waals surface area contributed by atoms with E-state index in [1.165, 1.54) is 28.0 Å². The molecule has 0 radical (unpaired) electrons. The maximum Gasteiger partial charge on any atom is 0.291 e. The topological polar surface area (TPSA) is 56.5 Å². The molecule has 2 aromatic heterocycles. The smallest absolute Gasteiger partial charge is 0.291 e. The van der Waals surface area contributed by atoms with Gasteiger partial charge >= 0.3 is 0 Å². The highest BCUT2D eigenvalue weighted by molar-refractivity contribution is 7.15. The molecule has 0 N–H and O–H groups in total. The van der Waals surface area contributed by atoms with Crippen molar-refractivity contribution >= 4 is 34.5 Å². The van der Waals surface area contributed by atoms with Gasteiger partial charge in [0.1, 0.15) is 18.2 Å². The average molecular weight is 405 g/mol. The van der Waals surface area contributed by atoms with Gasteiger partial charge in [0.2, 0.25) is 4.96 Å². The first-order valence-corrected chi connectivity index (χ1v) is 9.63. The Morgan fingerprint density at radius 2 is 1.79 bits per heavy atom. The van der Waals surface area contributed by atoms with Crippen LogP contribution in [0.3, 0.4) is 0 Å². The monoisotopic (exact) mass is 405 g/mol. The van der Waals surface area contributed by atoms with Gasteiger partial charge in [0, 0.05) is 0 Å². The molecule has 0 aliphatic rings. The summed E-state index contributed by atoms with van der Waals surface area (Å²) in [4.78, 5) is 17.5. The Kier molecular flexibility index (Phi) is 5.31. The fraction of sp³-hybridized carbons (Fsp3) is 0.0455. The van der Waals surface area contributed by atoms with Crippen LogP contribution in [0.5, 0.6) is 5.75 Å². The van der Waals surface area contributed by atoms with Crippen molar-refractivity contribution < 1.29 is 9.13 Å². The standard InChI is InChI=1S/C22H16FN3O2S/c1-2-13-28-18-10-5-16(6-11-18)14-19-21(27)26-22(29-19)24-20(25-26)12-7-15-3-8-17(23)9-4-15/h2-12,14H,1,13H2/b12-7+,19-14-. The molecule has 4 aromatic rings. The zero-order valence-corrected chi connectivity index (χ0v) is 16.1. The lowest BCUT2D eigenvalue weighted by Gasteiger charge is -2.02. The van der Waals surface area contributed by atoms with Gasteiger partial charge in [-0.05, 0) is 47.5 Å². The number of hydrogen-bond acceptors (Lipinski definition) is 5. The van der Waals surface area contributed by atoms with Gasteiger partial charge < -0.3 is 4.74 Å². The summed E-state index contributed by atoms with van der Waals surface area (Å²) in [5.74, 6) is 0.874. The van der Waals surface area contributed by atoms with Gasteiger partial charge in [-0.3, -0.25) is 4.79 Å². The fourth-order valence-corrected chi connectivity index (χ4v) is 3.55. The van der Waals surface area contributed by atoms with Crippen molar-refractivity contribution in [2.75, 3.05) is 6.61 Å². The molecule has 5 nitrogen and oxygen atoms in total. The average Bonchev–Trinajstić information content (AvgIpc) is 3.26. The number of nitrogens with zero attached hydrogens (tertiary/aromatic N) is 3. The summed E-state index contributed by atoms with van der Waals surface area (Å²) in [6.45, 7) is 4.06. The van der Waals surface area contributed by atoms with Crippen LogP contribution in [-0.4, -0.2) is 21.2 Å². The van der Waals surface area contributed by atoms with Gasteiger partial charge in [-0.1, -0.05) is 54.3 Å². The van der Waals surface area contributed by atoms with Gasteiger partial charge in [0.15, 0.2) is 5.82 Å². The van der Waals surface area contributed by atoms with Crippen molar-refractivity contribution in [3.8, 4) is 5.75 Å². The second kappa shape index (κ2) is 8.20. The molecule has 0 aliphatic carbocycles. The van der Waals surface area contributed by atoms with Gasteiger partial charge in [0.05, 0.1) is 4.53 Å². The fourth-order valence-electron chi connectivity index (χ4n) is 2.63. The summed E-state index contributed by atoms with van der Waals surface area (Å²) < 4.78 is 20.3. The number of benzene rings is 2. The van der Waals surface area contributed by atoms with Gasteiger partial charge in [-0.2, -0.15) is 9.50 Å². The Labute approximate surface area is 169 Å². The van der Waals surface area contributed by atoms with Crippen molar-refractivity contribution in [1.82, 2.24) is 14.6 Å². The van der Waals surface area contributed by atoms with Crippen LogP contribution in [0, 0.1) is 5.82 Å². The highest BCUT2D eigenvalue weighted by Gasteiger charge is 2.08. The Balaban J connectivity index is 1.58. The van der Waals surface area contributed by atoms with Crippen LogP contribution in [0.25, 0.3) is 23.2 Å². The van der Waals surface area contributed by atoms with Gasteiger partial charge in [-0.25, -0.2) is 4.39 Å². The van der Waals surface area contributed by atoms with Crippen LogP contribution in [-0.2, 0) is 0 Å². The summed E-state index contributed by atoms with van der Waals surface area (Å²) in [7, 11) is 0. The normalized spacial score (nSPS) is 12.1. The molecule has 0 amide bonds. The number of fused-ring (bicyclic) bond motifs is 1. The predicted molar refractivity (Wildman–Crippen MR) is 113 cm³/mol.